The van der Waals surface area contributed by atoms with E-state index in [2.05, 4.69) is 5.32 Å². The maximum atomic E-state index is 13.2. The summed E-state index contributed by atoms with van der Waals surface area (Å²) in [5, 5.41) is 2.72. The van der Waals surface area contributed by atoms with Crippen LogP contribution < -0.4 is 11.1 Å². The van der Waals surface area contributed by atoms with Gasteiger partial charge in [0.2, 0.25) is 0 Å². The van der Waals surface area contributed by atoms with Crippen LogP contribution in [0, 0.1) is 5.82 Å². The molecule has 0 aliphatic rings. The Labute approximate surface area is 129 Å². The molecule has 21 heavy (non-hydrogen) atoms. The molecule has 0 spiro atoms. The largest absolute Gasteiger partial charge is 0.444 e. The van der Waals surface area contributed by atoms with Gasteiger partial charge in [0.05, 0.1) is 5.02 Å². The number of hydrogen-bond acceptors (Lipinski definition) is 3. The maximum absolute atomic E-state index is 13.2. The number of ether oxygens (including phenoxy) is 1. The minimum atomic E-state index is -0.567. The van der Waals surface area contributed by atoms with Gasteiger partial charge in [-0.3, -0.25) is 0 Å². The fraction of sp³-hybridized carbons (Fsp3) is 0.533. The van der Waals surface area contributed by atoms with Crippen LogP contribution in [0.1, 0.15) is 33.3 Å². The first-order chi connectivity index (χ1) is 9.57. The average Bonchev–Trinajstić information content (AvgIpc) is 2.37. The Balaban J connectivity index is 2.80. The topological polar surface area (TPSA) is 64.3 Å². The van der Waals surface area contributed by atoms with E-state index in [-0.39, 0.29) is 18.1 Å². The standard InChI is InChI=1S/C15H22ClFN2O2/c1-14(2,3)21-13(20)19-9-15(4,8-18)10-5-6-12(17)11(16)7-10/h5-7H,8-9,18H2,1-4H3,(H,19,20). The molecule has 0 aromatic heterocycles. The molecule has 1 unspecified atom stereocenters. The molecular formula is C15H22ClFN2O2. The number of carbonyl (C=O) groups is 1. The predicted octanol–water partition coefficient (Wildman–Crippen LogP) is 3.22. The summed E-state index contributed by atoms with van der Waals surface area (Å²) in [6.45, 7) is 7.76. The lowest BCUT2D eigenvalue weighted by atomic mass is 9.82. The molecule has 6 heteroatoms. The second-order valence-corrected chi connectivity index (χ2v) is 6.66. The van der Waals surface area contributed by atoms with Crippen molar-refractivity contribution < 1.29 is 13.9 Å². The van der Waals surface area contributed by atoms with Gasteiger partial charge in [0.1, 0.15) is 11.4 Å². The Hall–Kier alpha value is -1.33. The van der Waals surface area contributed by atoms with E-state index in [0.29, 0.717) is 0 Å². The maximum Gasteiger partial charge on any atom is 0.407 e. The summed E-state index contributed by atoms with van der Waals surface area (Å²) in [5.41, 5.74) is 5.44. The molecular weight excluding hydrogens is 295 g/mol. The Morgan fingerprint density at radius 2 is 2.00 bits per heavy atom. The van der Waals surface area contributed by atoms with Crippen molar-refractivity contribution in [3.05, 3.63) is 34.6 Å². The second kappa shape index (κ2) is 6.62. The summed E-state index contributed by atoms with van der Waals surface area (Å²) in [7, 11) is 0. The smallest absolute Gasteiger partial charge is 0.407 e. The first-order valence-electron chi connectivity index (χ1n) is 6.70. The van der Waals surface area contributed by atoms with Gasteiger partial charge in [-0.1, -0.05) is 24.6 Å². The minimum Gasteiger partial charge on any atom is -0.444 e. The highest BCUT2D eigenvalue weighted by Gasteiger charge is 2.27. The van der Waals surface area contributed by atoms with Crippen molar-refractivity contribution in [1.82, 2.24) is 5.32 Å². The molecule has 0 aliphatic carbocycles. The lowest BCUT2D eigenvalue weighted by Gasteiger charge is -2.30. The van der Waals surface area contributed by atoms with Crippen LogP contribution in [-0.2, 0) is 10.2 Å². The number of alkyl carbamates (subject to hydrolysis) is 1. The third-order valence-corrected chi connectivity index (χ3v) is 3.38. The normalized spacial score (nSPS) is 14.4. The molecule has 0 heterocycles. The molecule has 118 valence electrons. The van der Waals surface area contributed by atoms with Crippen molar-refractivity contribution in [2.24, 2.45) is 5.73 Å². The summed E-state index contributed by atoms with van der Waals surface area (Å²) in [4.78, 5) is 11.7. The van der Waals surface area contributed by atoms with Crippen LogP contribution in [0.15, 0.2) is 18.2 Å². The zero-order valence-corrected chi connectivity index (χ0v) is 13.6. The minimum absolute atomic E-state index is 0.0319. The number of benzene rings is 1. The molecule has 0 saturated heterocycles. The molecule has 3 N–H and O–H groups in total. The highest BCUT2D eigenvalue weighted by Crippen LogP contribution is 2.26. The summed E-state index contributed by atoms with van der Waals surface area (Å²) in [5.74, 6) is -0.486. The van der Waals surface area contributed by atoms with Crippen molar-refractivity contribution >= 4 is 17.7 Å². The molecule has 0 radical (unpaired) electrons. The predicted molar refractivity (Wildman–Crippen MR) is 82.1 cm³/mol. The van der Waals surface area contributed by atoms with E-state index < -0.39 is 22.9 Å². The summed E-state index contributed by atoms with van der Waals surface area (Å²) in [6.07, 6.45) is -0.518. The van der Waals surface area contributed by atoms with Gasteiger partial charge in [0, 0.05) is 18.5 Å². The Morgan fingerprint density at radius 1 is 1.38 bits per heavy atom. The van der Waals surface area contributed by atoms with E-state index in [1.807, 2.05) is 6.92 Å². The number of rotatable bonds is 4. The van der Waals surface area contributed by atoms with Gasteiger partial charge in [-0.15, -0.1) is 0 Å². The van der Waals surface area contributed by atoms with Crippen LogP contribution in [0.3, 0.4) is 0 Å². The highest BCUT2D eigenvalue weighted by molar-refractivity contribution is 6.30. The van der Waals surface area contributed by atoms with Crippen molar-refractivity contribution in [2.45, 2.75) is 38.7 Å². The summed E-state index contributed by atoms with van der Waals surface area (Å²) >= 11 is 5.80. The number of carbonyl (C=O) groups excluding carboxylic acids is 1. The second-order valence-electron chi connectivity index (χ2n) is 6.25. The third kappa shape index (κ3) is 5.17. The van der Waals surface area contributed by atoms with Crippen LogP contribution in [0.5, 0.6) is 0 Å². The molecule has 1 rings (SSSR count). The molecule has 1 atom stereocenters. The lowest BCUT2D eigenvalue weighted by Crippen LogP contribution is -2.45. The molecule has 1 aromatic carbocycles. The zero-order valence-electron chi connectivity index (χ0n) is 12.8. The molecule has 1 amide bonds. The van der Waals surface area contributed by atoms with Crippen molar-refractivity contribution in [3.63, 3.8) is 0 Å². The van der Waals surface area contributed by atoms with Crippen molar-refractivity contribution in [3.8, 4) is 0 Å². The van der Waals surface area contributed by atoms with Gasteiger partial charge in [-0.2, -0.15) is 0 Å². The van der Waals surface area contributed by atoms with Gasteiger partial charge in [0.25, 0.3) is 0 Å². The highest BCUT2D eigenvalue weighted by atomic mass is 35.5. The van der Waals surface area contributed by atoms with E-state index in [1.54, 1.807) is 26.8 Å². The van der Waals surface area contributed by atoms with Crippen LogP contribution in [0.25, 0.3) is 0 Å². The van der Waals surface area contributed by atoms with E-state index in [4.69, 9.17) is 22.1 Å². The SMILES string of the molecule is CC(C)(C)OC(=O)NCC(C)(CN)c1ccc(F)c(Cl)c1. The fourth-order valence-electron chi connectivity index (χ4n) is 1.75. The van der Waals surface area contributed by atoms with Gasteiger partial charge in [-0.05, 0) is 38.5 Å². The van der Waals surface area contributed by atoms with E-state index >= 15 is 0 Å². The molecule has 4 nitrogen and oxygen atoms in total. The van der Waals surface area contributed by atoms with E-state index in [0.717, 1.165) is 5.56 Å². The molecule has 0 saturated carbocycles. The number of amides is 1. The number of nitrogens with one attached hydrogen (secondary N) is 1. The third-order valence-electron chi connectivity index (χ3n) is 3.09. The Bertz CT molecular complexity index is 517. The van der Waals surface area contributed by atoms with Crippen LogP contribution >= 0.6 is 11.6 Å². The molecule has 0 aliphatic heterocycles. The first-order valence-corrected chi connectivity index (χ1v) is 7.08. The van der Waals surface area contributed by atoms with Crippen LogP contribution in [-0.4, -0.2) is 24.8 Å². The van der Waals surface area contributed by atoms with Gasteiger partial charge >= 0.3 is 6.09 Å². The molecule has 1 aromatic rings. The van der Waals surface area contributed by atoms with E-state index in [9.17, 15) is 9.18 Å². The number of nitrogens with two attached hydrogens (primary N) is 1. The summed E-state index contributed by atoms with van der Waals surface area (Å²) < 4.78 is 18.4. The first kappa shape index (κ1) is 17.7. The molecule has 0 fully saturated rings. The lowest BCUT2D eigenvalue weighted by molar-refractivity contribution is 0.0516. The van der Waals surface area contributed by atoms with Crippen LogP contribution in [0.4, 0.5) is 9.18 Å². The Morgan fingerprint density at radius 3 is 2.48 bits per heavy atom. The number of hydrogen-bond donors (Lipinski definition) is 2. The summed E-state index contributed by atoms with van der Waals surface area (Å²) in [6, 6.07) is 4.43. The van der Waals surface area contributed by atoms with Crippen molar-refractivity contribution in [2.75, 3.05) is 13.1 Å². The Kier molecular flexibility index (Phi) is 5.59. The quantitative estimate of drug-likeness (QED) is 0.896. The average molecular weight is 317 g/mol. The van der Waals surface area contributed by atoms with Gasteiger partial charge < -0.3 is 15.8 Å². The van der Waals surface area contributed by atoms with Gasteiger partial charge in [0.15, 0.2) is 0 Å². The molecule has 0 bridgehead atoms. The van der Waals surface area contributed by atoms with Gasteiger partial charge in [-0.25, -0.2) is 9.18 Å². The zero-order chi connectivity index (χ0) is 16.3. The monoisotopic (exact) mass is 316 g/mol. The fourth-order valence-corrected chi connectivity index (χ4v) is 1.93. The van der Waals surface area contributed by atoms with Crippen LogP contribution in [0.2, 0.25) is 5.02 Å². The number of halogens is 2. The van der Waals surface area contributed by atoms with Crippen molar-refractivity contribution in [1.29, 1.82) is 0 Å². The van der Waals surface area contributed by atoms with E-state index in [1.165, 1.54) is 12.1 Å².